The Hall–Kier alpha value is -2.92. The molecular weight excluding hydrogens is 678 g/mol. The molecule has 1 aliphatic rings. The van der Waals surface area contributed by atoms with Gasteiger partial charge in [0.1, 0.15) is 0 Å². The summed E-state index contributed by atoms with van der Waals surface area (Å²) < 4.78 is 11.0. The van der Waals surface area contributed by atoms with Crippen molar-refractivity contribution in [2.24, 2.45) is 5.73 Å². The number of ether oxygens (including phenoxy) is 2. The first-order valence-corrected chi connectivity index (χ1v) is 19.0. The molecule has 0 aromatic carbocycles. The number of thioether (sulfide) groups is 1. The molecule has 0 aromatic rings. The molecule has 1 saturated heterocycles. The number of hydrogen-bond donors (Lipinski definition) is 6. The van der Waals surface area contributed by atoms with E-state index in [1.807, 2.05) is 0 Å². The summed E-state index contributed by atoms with van der Waals surface area (Å²) in [5.74, 6) is -1.25. The molecular formula is C35H63N7O8S. The van der Waals surface area contributed by atoms with Gasteiger partial charge in [-0.3, -0.25) is 39.0 Å². The van der Waals surface area contributed by atoms with E-state index in [-0.39, 0.29) is 67.2 Å². The predicted octanol–water partition coefficient (Wildman–Crippen LogP) is 1.45. The maximum absolute atomic E-state index is 12.9. The van der Waals surface area contributed by atoms with Crippen LogP contribution < -0.4 is 27.0 Å². The summed E-state index contributed by atoms with van der Waals surface area (Å²) in [6.07, 6.45) is 2.99. The van der Waals surface area contributed by atoms with Crippen LogP contribution in [0.15, 0.2) is 0 Å². The van der Waals surface area contributed by atoms with Crippen LogP contribution in [0.1, 0.15) is 99.3 Å². The van der Waals surface area contributed by atoms with Gasteiger partial charge in [-0.1, -0.05) is 0 Å². The third-order valence-electron chi connectivity index (χ3n) is 8.02. The van der Waals surface area contributed by atoms with Crippen LogP contribution in [-0.4, -0.2) is 127 Å². The molecule has 7 N–H and O–H groups in total. The molecule has 51 heavy (non-hydrogen) atoms. The van der Waals surface area contributed by atoms with Crippen LogP contribution in [0.5, 0.6) is 0 Å². The summed E-state index contributed by atoms with van der Waals surface area (Å²) in [6, 6.07) is -0.781. The van der Waals surface area contributed by atoms with Gasteiger partial charge in [0.05, 0.1) is 43.3 Å². The fourth-order valence-corrected chi connectivity index (χ4v) is 6.22. The summed E-state index contributed by atoms with van der Waals surface area (Å²) in [5, 5.41) is 18.9. The van der Waals surface area contributed by atoms with E-state index in [9.17, 15) is 28.8 Å². The van der Waals surface area contributed by atoms with Crippen LogP contribution in [0, 0.1) is 5.41 Å². The smallest absolute Gasteiger partial charge is 0.242 e. The van der Waals surface area contributed by atoms with Gasteiger partial charge in [0.25, 0.3) is 0 Å². The van der Waals surface area contributed by atoms with Gasteiger partial charge in [-0.05, 0) is 79.4 Å². The van der Waals surface area contributed by atoms with Crippen LogP contribution in [0.2, 0.25) is 0 Å². The lowest BCUT2D eigenvalue weighted by molar-refractivity contribution is -0.138. The molecule has 0 bridgehead atoms. The summed E-state index contributed by atoms with van der Waals surface area (Å²) in [6.45, 7) is 14.5. The molecule has 1 unspecified atom stereocenters. The number of hydrogen-bond acceptors (Lipinski definition) is 12. The van der Waals surface area contributed by atoms with Crippen molar-refractivity contribution in [3.8, 4) is 0 Å². The lowest BCUT2D eigenvalue weighted by Gasteiger charge is -2.29. The number of rotatable bonds is 29. The molecule has 0 spiro atoms. The van der Waals surface area contributed by atoms with Gasteiger partial charge in [0, 0.05) is 63.1 Å². The zero-order valence-electron chi connectivity index (χ0n) is 31.6. The Morgan fingerprint density at radius 1 is 0.882 bits per heavy atom. The number of carbonyl (C=O) groups excluding carboxylic acids is 6. The highest BCUT2D eigenvalue weighted by molar-refractivity contribution is 8.00. The van der Waals surface area contributed by atoms with E-state index < -0.39 is 22.7 Å². The van der Waals surface area contributed by atoms with Crippen LogP contribution >= 0.6 is 11.8 Å². The van der Waals surface area contributed by atoms with E-state index in [0.717, 1.165) is 17.9 Å². The standard InChI is InChI=1S/C35H63N7O8S/c1-25(36)10-9-23-51-27-24-31(46)42(33(27)48)18-14-30(45)38-15-8-7-11-26(32(37)47)41-35(5,6)28(43)12-13-29(44)39-16-19-49-21-22-50-20-17-40-34(2,3)4/h26-27,36,40-41H,7-24H2,1-6H3,(H2,37,47)(H,38,45)(H,39,44)/t26-,27?/m0/s1. The second kappa shape index (κ2) is 24.3. The minimum Gasteiger partial charge on any atom is -0.378 e. The second-order valence-corrected chi connectivity index (χ2v) is 15.6. The van der Waals surface area contributed by atoms with Crippen molar-refractivity contribution in [1.82, 2.24) is 26.2 Å². The highest BCUT2D eigenvalue weighted by atomic mass is 32.2. The molecule has 1 rings (SSSR count). The third-order valence-corrected chi connectivity index (χ3v) is 9.31. The molecule has 1 heterocycles. The number of carbonyl (C=O) groups is 6. The van der Waals surface area contributed by atoms with Crippen molar-refractivity contribution in [1.29, 1.82) is 5.41 Å². The first kappa shape index (κ1) is 46.1. The summed E-state index contributed by atoms with van der Waals surface area (Å²) >= 11 is 1.42. The predicted molar refractivity (Wildman–Crippen MR) is 199 cm³/mol. The molecule has 0 radical (unpaired) electrons. The number of ketones is 1. The average molecular weight is 742 g/mol. The Morgan fingerprint density at radius 2 is 1.51 bits per heavy atom. The third kappa shape index (κ3) is 21.3. The highest BCUT2D eigenvalue weighted by Gasteiger charge is 2.38. The second-order valence-electron chi connectivity index (χ2n) is 14.3. The Kier molecular flexibility index (Phi) is 22.0. The lowest BCUT2D eigenvalue weighted by Crippen LogP contribution is -2.55. The molecule has 1 aliphatic heterocycles. The maximum atomic E-state index is 12.9. The fourth-order valence-electron chi connectivity index (χ4n) is 5.10. The highest BCUT2D eigenvalue weighted by Crippen LogP contribution is 2.26. The van der Waals surface area contributed by atoms with Gasteiger partial charge >= 0.3 is 0 Å². The molecule has 0 aromatic heterocycles. The molecule has 0 aliphatic carbocycles. The van der Waals surface area contributed by atoms with Gasteiger partial charge in [0.15, 0.2) is 5.78 Å². The van der Waals surface area contributed by atoms with E-state index >= 15 is 0 Å². The zero-order valence-corrected chi connectivity index (χ0v) is 32.4. The minimum absolute atomic E-state index is 0.000420. The summed E-state index contributed by atoms with van der Waals surface area (Å²) in [5.41, 5.74) is 5.14. The summed E-state index contributed by atoms with van der Waals surface area (Å²) in [4.78, 5) is 75.7. The fraction of sp³-hybridized carbons (Fsp3) is 0.800. The van der Waals surface area contributed by atoms with E-state index in [1.165, 1.54) is 11.8 Å². The first-order valence-electron chi connectivity index (χ1n) is 18.0. The normalized spacial score (nSPS) is 15.6. The van der Waals surface area contributed by atoms with Crippen LogP contribution in [0.3, 0.4) is 0 Å². The van der Waals surface area contributed by atoms with Crippen molar-refractivity contribution in [2.75, 3.05) is 58.4 Å². The van der Waals surface area contributed by atoms with Crippen LogP contribution in [0.4, 0.5) is 0 Å². The number of primary amides is 1. The van der Waals surface area contributed by atoms with E-state index in [2.05, 4.69) is 42.0 Å². The van der Waals surface area contributed by atoms with Gasteiger partial charge < -0.3 is 36.6 Å². The van der Waals surface area contributed by atoms with Gasteiger partial charge in [-0.2, -0.15) is 0 Å². The van der Waals surface area contributed by atoms with Crippen molar-refractivity contribution in [2.45, 2.75) is 122 Å². The number of unbranched alkanes of at least 4 members (excludes halogenated alkanes) is 1. The maximum Gasteiger partial charge on any atom is 0.242 e. The van der Waals surface area contributed by atoms with Crippen molar-refractivity contribution >= 4 is 52.8 Å². The molecule has 15 nitrogen and oxygen atoms in total. The number of likely N-dealkylation sites (tertiary alicyclic amines) is 1. The Balaban J connectivity index is 2.25. The first-order chi connectivity index (χ1) is 23.9. The molecule has 1 fully saturated rings. The van der Waals surface area contributed by atoms with Crippen molar-refractivity contribution < 1.29 is 38.2 Å². The van der Waals surface area contributed by atoms with Crippen molar-refractivity contribution in [3.05, 3.63) is 0 Å². The number of imide groups is 1. The molecule has 2 atom stereocenters. The Labute approximate surface area is 307 Å². The molecule has 16 heteroatoms. The number of Topliss-reactive ketones (excluding diaryl/α,β-unsaturated/α-hetero) is 1. The van der Waals surface area contributed by atoms with Crippen LogP contribution in [-0.2, 0) is 38.2 Å². The Bertz CT molecular complexity index is 1160. The van der Waals surface area contributed by atoms with Crippen LogP contribution in [0.25, 0.3) is 0 Å². The van der Waals surface area contributed by atoms with Gasteiger partial charge in [0.2, 0.25) is 29.5 Å². The topological polar surface area (TPSA) is 222 Å². The Morgan fingerprint density at radius 3 is 2.14 bits per heavy atom. The minimum atomic E-state index is -1.10. The van der Waals surface area contributed by atoms with E-state index in [0.29, 0.717) is 76.7 Å². The average Bonchev–Trinajstić information content (AvgIpc) is 3.31. The van der Waals surface area contributed by atoms with E-state index in [1.54, 1.807) is 20.8 Å². The quantitative estimate of drug-likeness (QED) is 0.0366. The number of nitrogens with zero attached hydrogens (tertiary/aromatic N) is 1. The number of amides is 5. The van der Waals surface area contributed by atoms with Gasteiger partial charge in [-0.15, -0.1) is 11.8 Å². The number of nitrogens with one attached hydrogen (secondary N) is 5. The lowest BCUT2D eigenvalue weighted by atomic mass is 9.93. The summed E-state index contributed by atoms with van der Waals surface area (Å²) in [7, 11) is 0. The molecule has 0 saturated carbocycles. The molecule has 5 amide bonds. The van der Waals surface area contributed by atoms with Crippen molar-refractivity contribution in [3.63, 3.8) is 0 Å². The largest absolute Gasteiger partial charge is 0.378 e. The van der Waals surface area contributed by atoms with Gasteiger partial charge in [-0.25, -0.2) is 0 Å². The monoisotopic (exact) mass is 741 g/mol. The number of nitrogens with two attached hydrogens (primary N) is 1. The molecule has 292 valence electrons. The van der Waals surface area contributed by atoms with E-state index in [4.69, 9.17) is 20.6 Å². The SMILES string of the molecule is CC(=N)CCCSC1CC(=O)N(CCC(=O)NCCCC[C@H](NC(C)(C)C(=O)CCC(=O)NCCOCCOCCNC(C)(C)C)C(N)=O)C1=O. The zero-order chi connectivity index (χ0) is 38.5.